The second kappa shape index (κ2) is 11.7. The fraction of sp³-hybridized carbons (Fsp3) is 0.632. The SMILES string of the molecule is CN=C(NCc1ccc(F)c(C)c1)NCC(C)CN1CCN(C)CC1.I. The number of guanidine groups is 1. The van der Waals surface area contributed by atoms with E-state index < -0.39 is 0 Å². The number of aryl methyl sites for hydroxylation is 1. The molecule has 1 fully saturated rings. The topological polar surface area (TPSA) is 42.9 Å². The molecule has 1 unspecified atom stereocenters. The van der Waals surface area contributed by atoms with Crippen molar-refractivity contribution in [2.24, 2.45) is 10.9 Å². The van der Waals surface area contributed by atoms with Gasteiger partial charge in [0.05, 0.1) is 0 Å². The van der Waals surface area contributed by atoms with Crippen LogP contribution >= 0.6 is 24.0 Å². The standard InChI is InChI=1S/C19H32FN5.HI/c1-15(14-25-9-7-24(4)8-10-25)12-22-19(21-3)23-13-17-5-6-18(20)16(2)11-17;/h5-6,11,15H,7-10,12-14H2,1-4H3,(H2,21,22,23);1H. The normalized spacial score (nSPS) is 17.5. The maximum Gasteiger partial charge on any atom is 0.191 e. The molecule has 1 aromatic carbocycles. The number of hydrogen-bond acceptors (Lipinski definition) is 3. The van der Waals surface area contributed by atoms with E-state index in [1.165, 1.54) is 6.07 Å². The molecule has 1 aliphatic rings. The molecule has 5 nitrogen and oxygen atoms in total. The first-order valence-corrected chi connectivity index (χ1v) is 9.08. The van der Waals surface area contributed by atoms with E-state index in [4.69, 9.17) is 0 Å². The molecule has 1 aliphatic heterocycles. The Labute approximate surface area is 174 Å². The molecule has 0 spiro atoms. The van der Waals surface area contributed by atoms with Crippen LogP contribution in [-0.2, 0) is 6.54 Å². The van der Waals surface area contributed by atoms with Crippen molar-refractivity contribution in [3.05, 3.63) is 35.1 Å². The van der Waals surface area contributed by atoms with Crippen molar-refractivity contribution < 1.29 is 4.39 Å². The Morgan fingerprint density at radius 2 is 1.92 bits per heavy atom. The summed E-state index contributed by atoms with van der Waals surface area (Å²) in [5, 5.41) is 6.68. The molecule has 1 atom stereocenters. The summed E-state index contributed by atoms with van der Waals surface area (Å²) in [5.41, 5.74) is 1.72. The van der Waals surface area contributed by atoms with Crippen LogP contribution in [0.3, 0.4) is 0 Å². The van der Waals surface area contributed by atoms with Crippen molar-refractivity contribution in [2.45, 2.75) is 20.4 Å². The maximum atomic E-state index is 13.3. The molecule has 2 N–H and O–H groups in total. The van der Waals surface area contributed by atoms with E-state index in [0.29, 0.717) is 18.0 Å². The van der Waals surface area contributed by atoms with Crippen LogP contribution in [0.5, 0.6) is 0 Å². The average Bonchev–Trinajstić information content (AvgIpc) is 2.60. The Hall–Kier alpha value is -0.930. The van der Waals surface area contributed by atoms with E-state index in [0.717, 1.165) is 50.8 Å². The van der Waals surface area contributed by atoms with Crippen molar-refractivity contribution in [2.75, 3.05) is 53.4 Å². The van der Waals surface area contributed by atoms with Crippen LogP contribution in [0.25, 0.3) is 0 Å². The van der Waals surface area contributed by atoms with Crippen LogP contribution in [-0.4, -0.2) is 69.1 Å². The number of rotatable bonds is 6. The van der Waals surface area contributed by atoms with E-state index >= 15 is 0 Å². The Balaban J connectivity index is 0.00000338. The van der Waals surface area contributed by atoms with Gasteiger partial charge in [-0.15, -0.1) is 24.0 Å². The predicted molar refractivity (Wildman–Crippen MR) is 118 cm³/mol. The predicted octanol–water partition coefficient (Wildman–Crippen LogP) is 2.30. The van der Waals surface area contributed by atoms with Gasteiger partial charge in [0.15, 0.2) is 5.96 Å². The van der Waals surface area contributed by atoms with Gasteiger partial charge in [0, 0.05) is 52.9 Å². The summed E-state index contributed by atoms with van der Waals surface area (Å²) in [5.74, 6) is 1.17. The van der Waals surface area contributed by atoms with Gasteiger partial charge in [-0.25, -0.2) is 4.39 Å². The number of benzene rings is 1. The summed E-state index contributed by atoms with van der Waals surface area (Å²) in [7, 11) is 3.96. The smallest absolute Gasteiger partial charge is 0.191 e. The monoisotopic (exact) mass is 477 g/mol. The zero-order valence-corrected chi connectivity index (χ0v) is 18.7. The lowest BCUT2D eigenvalue weighted by atomic mass is 10.1. The summed E-state index contributed by atoms with van der Waals surface area (Å²) in [4.78, 5) is 9.18. The van der Waals surface area contributed by atoms with E-state index in [-0.39, 0.29) is 29.8 Å². The largest absolute Gasteiger partial charge is 0.356 e. The van der Waals surface area contributed by atoms with Crippen molar-refractivity contribution in [1.29, 1.82) is 0 Å². The van der Waals surface area contributed by atoms with Crippen LogP contribution in [0.2, 0.25) is 0 Å². The first-order valence-electron chi connectivity index (χ1n) is 9.08. The third kappa shape index (κ3) is 7.75. The lowest BCUT2D eigenvalue weighted by Crippen LogP contribution is -2.47. The fourth-order valence-corrected chi connectivity index (χ4v) is 3.03. The third-order valence-corrected chi connectivity index (χ3v) is 4.69. The summed E-state index contributed by atoms with van der Waals surface area (Å²) < 4.78 is 13.3. The molecule has 0 aliphatic carbocycles. The first-order chi connectivity index (χ1) is 12.0. The Bertz CT molecular complexity index is 573. The fourth-order valence-electron chi connectivity index (χ4n) is 3.03. The molecule has 0 aromatic heterocycles. The highest BCUT2D eigenvalue weighted by atomic mass is 127. The number of piperazine rings is 1. The third-order valence-electron chi connectivity index (χ3n) is 4.69. The molecule has 1 saturated heterocycles. The van der Waals surface area contributed by atoms with Gasteiger partial charge in [-0.3, -0.25) is 4.99 Å². The van der Waals surface area contributed by atoms with Crippen molar-refractivity contribution >= 4 is 29.9 Å². The quantitative estimate of drug-likeness (QED) is 0.375. The van der Waals surface area contributed by atoms with Gasteiger partial charge < -0.3 is 20.4 Å². The highest BCUT2D eigenvalue weighted by molar-refractivity contribution is 14.0. The number of halogens is 2. The zero-order valence-electron chi connectivity index (χ0n) is 16.4. The first kappa shape index (κ1) is 23.1. The van der Waals surface area contributed by atoms with E-state index in [1.54, 1.807) is 20.0 Å². The van der Waals surface area contributed by atoms with Gasteiger partial charge in [-0.05, 0) is 37.1 Å². The summed E-state index contributed by atoms with van der Waals surface area (Å²) >= 11 is 0. The number of hydrogen-bond donors (Lipinski definition) is 2. The Morgan fingerprint density at radius 3 is 2.54 bits per heavy atom. The summed E-state index contributed by atoms with van der Waals surface area (Å²) in [6.45, 7) is 11.3. The van der Waals surface area contributed by atoms with Gasteiger partial charge in [-0.2, -0.15) is 0 Å². The molecule has 0 radical (unpaired) electrons. The van der Waals surface area contributed by atoms with Gasteiger partial charge in [-0.1, -0.05) is 19.1 Å². The van der Waals surface area contributed by atoms with Crippen LogP contribution in [0.4, 0.5) is 4.39 Å². The van der Waals surface area contributed by atoms with Gasteiger partial charge in [0.1, 0.15) is 5.82 Å². The van der Waals surface area contributed by atoms with Crippen molar-refractivity contribution in [3.63, 3.8) is 0 Å². The molecular weight excluding hydrogens is 444 g/mol. The van der Waals surface area contributed by atoms with E-state index in [9.17, 15) is 4.39 Å². The molecule has 0 bridgehead atoms. The molecule has 148 valence electrons. The number of nitrogens with zero attached hydrogens (tertiary/aromatic N) is 3. The number of aliphatic imine (C=N–C) groups is 1. The van der Waals surface area contributed by atoms with Crippen LogP contribution in [0.15, 0.2) is 23.2 Å². The van der Waals surface area contributed by atoms with Gasteiger partial charge in [0.2, 0.25) is 0 Å². The summed E-state index contributed by atoms with van der Waals surface area (Å²) in [6, 6.07) is 5.19. The van der Waals surface area contributed by atoms with Crippen molar-refractivity contribution in [1.82, 2.24) is 20.4 Å². The lowest BCUT2D eigenvalue weighted by Gasteiger charge is -2.34. The molecule has 1 aromatic rings. The average molecular weight is 477 g/mol. The molecule has 0 amide bonds. The van der Waals surface area contributed by atoms with Crippen LogP contribution < -0.4 is 10.6 Å². The second-order valence-corrected chi connectivity index (χ2v) is 7.10. The second-order valence-electron chi connectivity index (χ2n) is 7.10. The number of likely N-dealkylation sites (N-methyl/N-ethyl adjacent to an activating group) is 1. The van der Waals surface area contributed by atoms with Gasteiger partial charge >= 0.3 is 0 Å². The molecule has 7 heteroatoms. The van der Waals surface area contributed by atoms with Gasteiger partial charge in [0.25, 0.3) is 0 Å². The van der Waals surface area contributed by atoms with E-state index in [1.807, 2.05) is 6.07 Å². The Kier molecular flexibility index (Phi) is 10.4. The minimum Gasteiger partial charge on any atom is -0.356 e. The molecule has 2 rings (SSSR count). The highest BCUT2D eigenvalue weighted by Gasteiger charge is 2.16. The zero-order chi connectivity index (χ0) is 18.2. The van der Waals surface area contributed by atoms with E-state index in [2.05, 4.69) is 39.4 Å². The van der Waals surface area contributed by atoms with Crippen molar-refractivity contribution in [3.8, 4) is 0 Å². The Morgan fingerprint density at radius 1 is 1.23 bits per heavy atom. The molecule has 1 heterocycles. The molecular formula is C19H33FIN5. The maximum absolute atomic E-state index is 13.3. The van der Waals surface area contributed by atoms with Crippen LogP contribution in [0.1, 0.15) is 18.1 Å². The molecule has 0 saturated carbocycles. The lowest BCUT2D eigenvalue weighted by molar-refractivity contribution is 0.139. The molecule has 26 heavy (non-hydrogen) atoms. The highest BCUT2D eigenvalue weighted by Crippen LogP contribution is 2.09. The van der Waals surface area contributed by atoms with Crippen LogP contribution in [0, 0.1) is 18.7 Å². The number of nitrogens with one attached hydrogen (secondary N) is 2. The summed E-state index contributed by atoms with van der Waals surface area (Å²) in [6.07, 6.45) is 0. The minimum absolute atomic E-state index is 0. The minimum atomic E-state index is -0.163.